The Kier molecular flexibility index (Phi) is 5.13. The van der Waals surface area contributed by atoms with E-state index >= 15 is 0 Å². The van der Waals surface area contributed by atoms with E-state index < -0.39 is 17.5 Å². The maximum Gasteiger partial charge on any atom is 0.323 e. The van der Waals surface area contributed by atoms with E-state index in [1.54, 1.807) is 48.7 Å². The van der Waals surface area contributed by atoms with Gasteiger partial charge in [-0.3, -0.25) is 14.9 Å². The Hall–Kier alpha value is -4.45. The highest BCUT2D eigenvalue weighted by Gasteiger charge is 2.46. The van der Waals surface area contributed by atoms with Gasteiger partial charge in [0.15, 0.2) is 5.88 Å². The minimum atomic E-state index is -1.59. The lowest BCUT2D eigenvalue weighted by molar-refractivity contribution is -0.122. The number of methoxy groups -OCH3 is 1. The highest BCUT2D eigenvalue weighted by atomic mass is 16.5. The number of carbonyl (C=O) groups excluding carboxylic acids is 3. The second-order valence-electron chi connectivity index (χ2n) is 8.42. The molecule has 2 fully saturated rings. The first kappa shape index (κ1) is 21.4. The van der Waals surface area contributed by atoms with Gasteiger partial charge in [0.25, 0.3) is 11.8 Å². The number of fused-ring (bicyclic) bond motifs is 1. The van der Waals surface area contributed by atoms with Crippen molar-refractivity contribution in [3.05, 3.63) is 59.8 Å². The molecule has 1 aliphatic heterocycles. The van der Waals surface area contributed by atoms with Crippen LogP contribution in [0.3, 0.4) is 0 Å². The van der Waals surface area contributed by atoms with Gasteiger partial charge in [-0.25, -0.2) is 4.79 Å². The summed E-state index contributed by atoms with van der Waals surface area (Å²) < 4.78 is 6.68. The van der Waals surface area contributed by atoms with E-state index in [1.807, 2.05) is 0 Å². The molecule has 1 saturated carbocycles. The number of ether oxygens (including phenoxy) is 1. The van der Waals surface area contributed by atoms with Crippen LogP contribution in [-0.4, -0.2) is 46.2 Å². The number of hydrogen-bond acceptors (Lipinski definition) is 5. The molecule has 9 nitrogen and oxygen atoms in total. The first-order chi connectivity index (χ1) is 16.4. The van der Waals surface area contributed by atoms with Gasteiger partial charge in [-0.05, 0) is 55.3 Å². The number of rotatable bonds is 5. The molecular formula is C25H22N4O5. The molecule has 0 spiro atoms. The topological polar surface area (TPSA) is 122 Å². The summed E-state index contributed by atoms with van der Waals surface area (Å²) in [6, 6.07) is 11.5. The number of nitrogens with zero attached hydrogens (tertiary/aromatic N) is 1. The molecule has 2 aromatic carbocycles. The van der Waals surface area contributed by atoms with Gasteiger partial charge in [-0.15, -0.1) is 0 Å². The van der Waals surface area contributed by atoms with Gasteiger partial charge in [0.1, 0.15) is 5.75 Å². The van der Waals surface area contributed by atoms with Gasteiger partial charge >= 0.3 is 6.03 Å². The van der Waals surface area contributed by atoms with Crippen LogP contribution < -0.4 is 20.7 Å². The summed E-state index contributed by atoms with van der Waals surface area (Å²) in [6.45, 7) is -0.109. The average molecular weight is 458 g/mol. The van der Waals surface area contributed by atoms with Gasteiger partial charge in [0, 0.05) is 34.1 Å². The summed E-state index contributed by atoms with van der Waals surface area (Å²) in [5, 5.41) is 19.8. The summed E-state index contributed by atoms with van der Waals surface area (Å²) in [5.74, 6) is 5.55. The third-order valence-electron chi connectivity index (χ3n) is 5.90. The molecule has 0 radical (unpaired) electrons. The summed E-state index contributed by atoms with van der Waals surface area (Å²) in [4.78, 5) is 36.9. The Labute approximate surface area is 195 Å². The molecule has 0 unspecified atom stereocenters. The molecule has 5 rings (SSSR count). The summed E-state index contributed by atoms with van der Waals surface area (Å²) in [6.07, 6.45) is 3.69. The largest absolute Gasteiger partial charge is 0.497 e. The monoisotopic (exact) mass is 458 g/mol. The Morgan fingerprint density at radius 3 is 2.65 bits per heavy atom. The SMILES string of the molecule is COc1ccc2cn(C[C@]3(C#Cc4ccc(C(=O)NC5CC5)cc4)NC(=O)NC3=O)c(O)c2c1. The highest BCUT2D eigenvalue weighted by Crippen LogP contribution is 2.32. The Morgan fingerprint density at radius 1 is 1.24 bits per heavy atom. The number of amides is 4. The van der Waals surface area contributed by atoms with E-state index in [1.165, 1.54) is 11.7 Å². The predicted octanol–water partition coefficient (Wildman–Crippen LogP) is 1.88. The second-order valence-corrected chi connectivity index (χ2v) is 8.42. The molecule has 1 atom stereocenters. The zero-order chi connectivity index (χ0) is 23.9. The number of aromatic nitrogens is 1. The fourth-order valence-corrected chi connectivity index (χ4v) is 3.84. The smallest absolute Gasteiger partial charge is 0.323 e. The summed E-state index contributed by atoms with van der Waals surface area (Å²) >= 11 is 0. The lowest BCUT2D eigenvalue weighted by Crippen LogP contribution is -2.49. The number of carbonyl (C=O) groups is 3. The molecule has 172 valence electrons. The van der Waals surface area contributed by atoms with Crippen molar-refractivity contribution in [2.75, 3.05) is 7.11 Å². The van der Waals surface area contributed by atoms with Crippen LogP contribution in [0.2, 0.25) is 0 Å². The van der Waals surface area contributed by atoms with E-state index in [0.29, 0.717) is 22.3 Å². The standard InChI is InChI=1S/C25H22N4O5/c1-34-19-9-6-17-13-29(22(31)20(17)12-19)14-25(23(32)27-24(33)28-25)11-10-15-2-4-16(5-3-15)21(30)26-18-7-8-18/h2-6,9,12-13,18,31H,7-8,14H2,1H3,(H,26,30)(H2,27,28,32,33)/t25-/m0/s1. The maximum absolute atomic E-state index is 12.7. The first-order valence-electron chi connectivity index (χ1n) is 10.8. The number of imide groups is 1. The van der Waals surface area contributed by atoms with Crippen LogP contribution in [0.25, 0.3) is 10.8 Å². The normalized spacial score (nSPS) is 19.2. The highest BCUT2D eigenvalue weighted by molar-refractivity contribution is 6.09. The predicted molar refractivity (Wildman–Crippen MR) is 123 cm³/mol. The van der Waals surface area contributed by atoms with E-state index in [-0.39, 0.29) is 24.4 Å². The van der Waals surface area contributed by atoms with Crippen molar-refractivity contribution in [2.24, 2.45) is 0 Å². The third kappa shape index (κ3) is 4.01. The number of aromatic hydroxyl groups is 1. The Bertz CT molecular complexity index is 1380. The fraction of sp³-hybridized carbons (Fsp3) is 0.240. The van der Waals surface area contributed by atoms with Crippen molar-refractivity contribution in [3.8, 4) is 23.5 Å². The quantitative estimate of drug-likeness (QED) is 0.344. The molecule has 2 heterocycles. The molecule has 1 aromatic heterocycles. The molecule has 34 heavy (non-hydrogen) atoms. The van der Waals surface area contributed by atoms with Crippen molar-refractivity contribution >= 4 is 28.6 Å². The molecule has 4 N–H and O–H groups in total. The lowest BCUT2D eigenvalue weighted by Gasteiger charge is -2.20. The van der Waals surface area contributed by atoms with E-state index in [2.05, 4.69) is 27.8 Å². The fourth-order valence-electron chi connectivity index (χ4n) is 3.84. The number of hydrogen-bond donors (Lipinski definition) is 4. The van der Waals surface area contributed by atoms with Crippen molar-refractivity contribution in [1.82, 2.24) is 20.5 Å². The van der Waals surface area contributed by atoms with Crippen molar-refractivity contribution in [2.45, 2.75) is 31.0 Å². The summed E-state index contributed by atoms with van der Waals surface area (Å²) in [5.41, 5.74) is -0.489. The number of benzene rings is 2. The Morgan fingerprint density at radius 2 is 2.00 bits per heavy atom. The van der Waals surface area contributed by atoms with Crippen LogP contribution in [0.1, 0.15) is 28.8 Å². The van der Waals surface area contributed by atoms with Gasteiger partial charge < -0.3 is 25.0 Å². The Balaban J connectivity index is 1.44. The third-order valence-corrected chi connectivity index (χ3v) is 5.90. The molecule has 4 amide bonds. The zero-order valence-electron chi connectivity index (χ0n) is 18.3. The van der Waals surface area contributed by atoms with E-state index in [4.69, 9.17) is 4.74 Å². The lowest BCUT2D eigenvalue weighted by atomic mass is 9.99. The van der Waals surface area contributed by atoms with Crippen molar-refractivity contribution in [1.29, 1.82) is 0 Å². The van der Waals surface area contributed by atoms with Crippen LogP contribution in [0.5, 0.6) is 11.6 Å². The minimum absolute atomic E-state index is 0.0740. The average Bonchev–Trinajstić information content (AvgIpc) is 3.53. The molecule has 2 aliphatic rings. The molecule has 1 aliphatic carbocycles. The molecule has 0 bridgehead atoms. The zero-order valence-corrected chi connectivity index (χ0v) is 18.3. The first-order valence-corrected chi connectivity index (χ1v) is 10.8. The summed E-state index contributed by atoms with van der Waals surface area (Å²) in [7, 11) is 1.53. The van der Waals surface area contributed by atoms with Crippen molar-refractivity contribution < 1.29 is 24.2 Å². The van der Waals surface area contributed by atoms with Crippen LogP contribution in [0.4, 0.5) is 4.79 Å². The molecular weight excluding hydrogens is 436 g/mol. The molecule has 3 aromatic rings. The van der Waals surface area contributed by atoms with Gasteiger partial charge in [0.2, 0.25) is 5.54 Å². The van der Waals surface area contributed by atoms with Gasteiger partial charge in [0.05, 0.1) is 13.7 Å². The number of nitrogens with one attached hydrogen (secondary N) is 3. The maximum atomic E-state index is 12.7. The van der Waals surface area contributed by atoms with Gasteiger partial charge in [-0.2, -0.15) is 0 Å². The number of urea groups is 1. The molecule has 1 saturated heterocycles. The van der Waals surface area contributed by atoms with Crippen LogP contribution in [0.15, 0.2) is 48.7 Å². The second kappa shape index (κ2) is 8.15. The van der Waals surface area contributed by atoms with Crippen LogP contribution >= 0.6 is 0 Å². The van der Waals surface area contributed by atoms with Crippen LogP contribution in [0, 0.1) is 11.8 Å². The van der Waals surface area contributed by atoms with E-state index in [0.717, 1.165) is 18.2 Å². The van der Waals surface area contributed by atoms with Crippen molar-refractivity contribution in [3.63, 3.8) is 0 Å². The molecule has 9 heteroatoms. The minimum Gasteiger partial charge on any atom is -0.497 e. The van der Waals surface area contributed by atoms with E-state index in [9.17, 15) is 19.5 Å². The van der Waals surface area contributed by atoms with Crippen LogP contribution in [-0.2, 0) is 11.3 Å². The van der Waals surface area contributed by atoms with Gasteiger partial charge in [-0.1, -0.05) is 11.8 Å².